The van der Waals surface area contributed by atoms with Gasteiger partial charge < -0.3 is 20.4 Å². The minimum absolute atomic E-state index is 0.162. The van der Waals surface area contributed by atoms with Crippen molar-refractivity contribution in [3.8, 4) is 0 Å². The number of rotatable bonds is 8. The molecular formula is C30H38F6N12O2S2. The molecule has 1 unspecified atom stereocenters. The SMILES string of the molecule is CC(NC(=O)c1cc(C(F)(F)F)nn1C)c1nc(N2CCCCC2)ns1.C[C@H](NC(=O)c1cc(C(F)(F)F)nn1C)c1nc(N2CCCCC2)ns1. The van der Waals surface area contributed by atoms with E-state index >= 15 is 0 Å². The number of aromatic nitrogens is 8. The number of carbonyl (C=O) groups is 2. The van der Waals surface area contributed by atoms with Crippen molar-refractivity contribution in [2.45, 2.75) is 76.8 Å². The summed E-state index contributed by atoms with van der Waals surface area (Å²) in [5.41, 5.74) is -2.52. The number of aryl methyl sites for hydroxylation is 2. The molecule has 0 radical (unpaired) electrons. The summed E-state index contributed by atoms with van der Waals surface area (Å²) in [6.45, 7) is 7.08. The van der Waals surface area contributed by atoms with Gasteiger partial charge in [0.25, 0.3) is 11.8 Å². The Labute approximate surface area is 302 Å². The standard InChI is InChI=1S/2C15H19F3N6OS/c2*1-9(13-20-14(22-26-13)24-6-4-3-5-7-24)19-12(25)10-8-11(15(16,17)18)21-23(10)2/h2*8-9H,3-7H2,1-2H3,(H,19,25)/t9-;/m0./s1. The first kappa shape index (κ1) is 38.9. The molecule has 0 aliphatic carbocycles. The summed E-state index contributed by atoms with van der Waals surface area (Å²) in [5.74, 6) is 0.00632. The van der Waals surface area contributed by atoms with Crippen LogP contribution in [-0.2, 0) is 26.4 Å². The molecule has 4 aromatic heterocycles. The summed E-state index contributed by atoms with van der Waals surface area (Å²) in [6.07, 6.45) is -2.39. The second-order valence-electron chi connectivity index (χ2n) is 12.4. The summed E-state index contributed by atoms with van der Waals surface area (Å²) >= 11 is 2.36. The zero-order chi connectivity index (χ0) is 37.8. The van der Waals surface area contributed by atoms with Crippen LogP contribution in [0.3, 0.4) is 0 Å². The van der Waals surface area contributed by atoms with E-state index in [0.717, 1.165) is 73.4 Å². The van der Waals surface area contributed by atoms with E-state index in [1.165, 1.54) is 50.0 Å². The third kappa shape index (κ3) is 9.55. The Morgan fingerprint density at radius 1 is 0.654 bits per heavy atom. The molecule has 6 heterocycles. The molecule has 2 aliphatic rings. The minimum Gasteiger partial charge on any atom is -0.342 e. The summed E-state index contributed by atoms with van der Waals surface area (Å²) in [6, 6.07) is 0.536. The lowest BCUT2D eigenvalue weighted by Crippen LogP contribution is -2.30. The number of piperidine rings is 2. The number of nitrogens with one attached hydrogen (secondary N) is 2. The van der Waals surface area contributed by atoms with Crippen LogP contribution >= 0.6 is 23.1 Å². The lowest BCUT2D eigenvalue weighted by Gasteiger charge is -2.25. The summed E-state index contributed by atoms with van der Waals surface area (Å²) in [7, 11) is 2.60. The van der Waals surface area contributed by atoms with Crippen LogP contribution in [-0.4, -0.2) is 76.3 Å². The van der Waals surface area contributed by atoms with Gasteiger partial charge in [-0.3, -0.25) is 19.0 Å². The number of amides is 2. The number of hydrogen-bond donors (Lipinski definition) is 2. The zero-order valence-electron chi connectivity index (χ0n) is 28.8. The molecule has 0 aromatic carbocycles. The van der Waals surface area contributed by atoms with E-state index in [2.05, 4.69) is 49.3 Å². The Kier molecular flexibility index (Phi) is 12.1. The van der Waals surface area contributed by atoms with E-state index in [4.69, 9.17) is 0 Å². The summed E-state index contributed by atoms with van der Waals surface area (Å²) in [4.78, 5) is 37.7. The molecule has 2 saturated heterocycles. The predicted octanol–water partition coefficient (Wildman–Crippen LogP) is 5.54. The maximum atomic E-state index is 12.7. The van der Waals surface area contributed by atoms with Crippen LogP contribution < -0.4 is 20.4 Å². The minimum atomic E-state index is -4.59. The molecule has 4 aromatic rings. The Bertz CT molecular complexity index is 1690. The maximum absolute atomic E-state index is 12.7. The molecule has 2 aliphatic heterocycles. The van der Waals surface area contributed by atoms with Crippen LogP contribution in [0.2, 0.25) is 0 Å². The van der Waals surface area contributed by atoms with Crippen LogP contribution in [0.5, 0.6) is 0 Å². The molecule has 14 nitrogen and oxygen atoms in total. The second kappa shape index (κ2) is 16.1. The predicted molar refractivity (Wildman–Crippen MR) is 180 cm³/mol. The Morgan fingerprint density at radius 3 is 1.31 bits per heavy atom. The topological polar surface area (TPSA) is 152 Å². The molecule has 6 rings (SSSR count). The van der Waals surface area contributed by atoms with E-state index in [0.29, 0.717) is 21.9 Å². The highest BCUT2D eigenvalue weighted by Crippen LogP contribution is 2.30. The lowest BCUT2D eigenvalue weighted by molar-refractivity contribution is -0.142. The number of anilines is 2. The van der Waals surface area contributed by atoms with Gasteiger partial charge in [0, 0.05) is 52.4 Å². The van der Waals surface area contributed by atoms with Gasteiger partial charge >= 0.3 is 12.4 Å². The highest BCUT2D eigenvalue weighted by molar-refractivity contribution is 7.06. The van der Waals surface area contributed by atoms with Gasteiger partial charge in [0.05, 0.1) is 12.1 Å². The van der Waals surface area contributed by atoms with E-state index in [1.807, 2.05) is 0 Å². The zero-order valence-corrected chi connectivity index (χ0v) is 30.4. The summed E-state index contributed by atoms with van der Waals surface area (Å²) in [5, 5.41) is 13.2. The Balaban J connectivity index is 0.000000201. The smallest absolute Gasteiger partial charge is 0.342 e. The van der Waals surface area contributed by atoms with E-state index < -0.39 is 47.6 Å². The molecule has 0 bridgehead atoms. The molecule has 284 valence electrons. The molecule has 0 spiro atoms. The number of hydrogen-bond acceptors (Lipinski definition) is 12. The van der Waals surface area contributed by atoms with Crippen LogP contribution in [0.25, 0.3) is 0 Å². The molecule has 0 saturated carbocycles. The van der Waals surface area contributed by atoms with Gasteiger partial charge in [0.1, 0.15) is 21.4 Å². The first-order chi connectivity index (χ1) is 24.5. The molecule has 52 heavy (non-hydrogen) atoms. The normalized spacial score (nSPS) is 16.6. The van der Waals surface area contributed by atoms with Crippen molar-refractivity contribution >= 4 is 46.8 Å². The largest absolute Gasteiger partial charge is 0.435 e. The van der Waals surface area contributed by atoms with Gasteiger partial charge in [-0.1, -0.05) is 0 Å². The van der Waals surface area contributed by atoms with Gasteiger partial charge in [0.2, 0.25) is 11.9 Å². The molecule has 2 atom stereocenters. The molecule has 2 N–H and O–H groups in total. The third-order valence-corrected chi connectivity index (χ3v) is 10.2. The van der Waals surface area contributed by atoms with Crippen molar-refractivity contribution in [3.63, 3.8) is 0 Å². The number of nitrogens with zero attached hydrogens (tertiary/aromatic N) is 10. The van der Waals surface area contributed by atoms with Crippen molar-refractivity contribution in [2.24, 2.45) is 14.1 Å². The highest BCUT2D eigenvalue weighted by atomic mass is 32.1. The highest BCUT2D eigenvalue weighted by Gasteiger charge is 2.37. The Hall–Kier alpha value is -4.34. The van der Waals surface area contributed by atoms with Gasteiger partial charge in [-0.15, -0.1) is 0 Å². The van der Waals surface area contributed by atoms with Crippen LogP contribution in [0.4, 0.5) is 38.2 Å². The first-order valence-corrected chi connectivity index (χ1v) is 18.1. The molecular weight excluding hydrogens is 739 g/mol. The van der Waals surface area contributed by atoms with Crippen LogP contribution in [0.15, 0.2) is 12.1 Å². The van der Waals surface area contributed by atoms with Gasteiger partial charge in [-0.05, 0) is 75.4 Å². The number of halogens is 6. The van der Waals surface area contributed by atoms with Crippen molar-refractivity contribution in [1.29, 1.82) is 0 Å². The maximum Gasteiger partial charge on any atom is 0.435 e. The third-order valence-electron chi connectivity index (χ3n) is 8.38. The van der Waals surface area contributed by atoms with Gasteiger partial charge in [-0.2, -0.15) is 45.3 Å². The Morgan fingerprint density at radius 2 is 1.00 bits per heavy atom. The van der Waals surface area contributed by atoms with Crippen molar-refractivity contribution < 1.29 is 35.9 Å². The van der Waals surface area contributed by atoms with Crippen LogP contribution in [0, 0.1) is 0 Å². The molecule has 2 amide bonds. The van der Waals surface area contributed by atoms with Crippen molar-refractivity contribution in [3.05, 3.63) is 44.9 Å². The van der Waals surface area contributed by atoms with Crippen molar-refractivity contribution in [1.82, 2.24) is 48.9 Å². The van der Waals surface area contributed by atoms with Gasteiger partial charge in [0.15, 0.2) is 11.4 Å². The van der Waals surface area contributed by atoms with Crippen LogP contribution in [0.1, 0.15) is 107 Å². The lowest BCUT2D eigenvalue weighted by atomic mass is 10.1. The van der Waals surface area contributed by atoms with E-state index in [9.17, 15) is 35.9 Å². The molecule has 22 heteroatoms. The molecule has 2 fully saturated rings. The monoisotopic (exact) mass is 776 g/mol. The fraction of sp³-hybridized carbons (Fsp3) is 0.600. The average molecular weight is 777 g/mol. The van der Waals surface area contributed by atoms with Gasteiger partial charge in [-0.25, -0.2) is 9.97 Å². The first-order valence-electron chi connectivity index (χ1n) is 16.5. The number of alkyl halides is 6. The average Bonchev–Trinajstić information content (AvgIpc) is 3.91. The fourth-order valence-corrected chi connectivity index (χ4v) is 6.89. The van der Waals surface area contributed by atoms with Crippen molar-refractivity contribution in [2.75, 3.05) is 36.0 Å². The second-order valence-corrected chi connectivity index (χ2v) is 14.0. The summed E-state index contributed by atoms with van der Waals surface area (Å²) < 4.78 is 86.8. The quantitative estimate of drug-likeness (QED) is 0.218. The van der Waals surface area contributed by atoms with E-state index in [-0.39, 0.29) is 11.4 Å². The van der Waals surface area contributed by atoms with E-state index in [1.54, 1.807) is 13.8 Å². The fourth-order valence-electron chi connectivity index (χ4n) is 5.55. The number of carbonyl (C=O) groups excluding carboxylic acids is 2.